The highest BCUT2D eigenvalue weighted by Crippen LogP contribution is 2.55. The quantitative estimate of drug-likeness (QED) is 0.629. The van der Waals surface area contributed by atoms with Gasteiger partial charge in [-0.3, -0.25) is 0 Å². The van der Waals surface area contributed by atoms with Crippen molar-refractivity contribution in [3.63, 3.8) is 0 Å². The summed E-state index contributed by atoms with van der Waals surface area (Å²) in [4.78, 5) is 0. The van der Waals surface area contributed by atoms with Crippen molar-refractivity contribution in [3.05, 3.63) is 0 Å². The Morgan fingerprint density at radius 1 is 0.750 bits per heavy atom. The van der Waals surface area contributed by atoms with E-state index in [1.807, 2.05) is 0 Å². The van der Waals surface area contributed by atoms with E-state index in [1.165, 1.54) is 27.7 Å². The van der Waals surface area contributed by atoms with Crippen LogP contribution in [0.3, 0.4) is 0 Å². The molecule has 0 radical (unpaired) electrons. The molecule has 0 aliphatic rings. The molecule has 0 aliphatic carbocycles. The maximum Gasteiger partial charge on any atom is 0.286 e. The van der Waals surface area contributed by atoms with Gasteiger partial charge in [-0.25, -0.2) is 13.2 Å². The van der Waals surface area contributed by atoms with Crippen molar-refractivity contribution < 1.29 is 13.2 Å². The van der Waals surface area contributed by atoms with Crippen LogP contribution in [0.15, 0.2) is 0 Å². The third kappa shape index (κ3) is 2.10. The largest absolute Gasteiger partial charge is 0.286 e. The first-order valence-electron chi connectivity index (χ1n) is 5.94. The van der Waals surface area contributed by atoms with E-state index in [4.69, 9.17) is 0 Å². The summed E-state index contributed by atoms with van der Waals surface area (Å²) in [6, 6.07) is 0. The van der Waals surface area contributed by atoms with Crippen LogP contribution in [-0.4, -0.2) is 11.6 Å². The molecular formula is C13H25F3. The van der Waals surface area contributed by atoms with Gasteiger partial charge in [0.1, 0.15) is 0 Å². The molecule has 0 heterocycles. The molecule has 0 aromatic heterocycles. The summed E-state index contributed by atoms with van der Waals surface area (Å²) in [5, 5.41) is 0. The van der Waals surface area contributed by atoms with Gasteiger partial charge >= 0.3 is 0 Å². The Kier molecular flexibility index (Phi) is 4.17. The molecule has 0 aliphatic heterocycles. The smallest absolute Gasteiger partial charge is 0.237 e. The van der Waals surface area contributed by atoms with Crippen LogP contribution in [0.5, 0.6) is 0 Å². The molecule has 98 valence electrons. The second kappa shape index (κ2) is 4.23. The van der Waals surface area contributed by atoms with Gasteiger partial charge in [0.2, 0.25) is 0 Å². The molecule has 0 aromatic carbocycles. The highest BCUT2D eigenvalue weighted by molar-refractivity contribution is 5.05. The predicted octanol–water partition coefficient (Wildman–Crippen LogP) is 5.22. The standard InChI is InChI=1S/C13H25F3/c1-8-11(6,9-2)13(15,16)12(7,14)10(3,4)5/h8-9H2,1-7H3. The van der Waals surface area contributed by atoms with Crippen molar-refractivity contribution in [2.24, 2.45) is 10.8 Å². The van der Waals surface area contributed by atoms with E-state index in [0.29, 0.717) is 0 Å². The van der Waals surface area contributed by atoms with Gasteiger partial charge in [0.25, 0.3) is 5.92 Å². The van der Waals surface area contributed by atoms with Gasteiger partial charge in [-0.05, 0) is 19.8 Å². The number of halogens is 3. The first kappa shape index (κ1) is 15.8. The minimum atomic E-state index is -3.33. The van der Waals surface area contributed by atoms with Crippen LogP contribution in [-0.2, 0) is 0 Å². The zero-order chi connectivity index (χ0) is 13.4. The molecule has 0 bridgehead atoms. The van der Waals surface area contributed by atoms with E-state index in [1.54, 1.807) is 13.8 Å². The van der Waals surface area contributed by atoms with Crippen molar-refractivity contribution in [1.29, 1.82) is 0 Å². The van der Waals surface area contributed by atoms with Crippen LogP contribution in [0.1, 0.15) is 61.3 Å². The Morgan fingerprint density at radius 2 is 1.06 bits per heavy atom. The van der Waals surface area contributed by atoms with E-state index in [9.17, 15) is 13.2 Å². The number of hydrogen-bond acceptors (Lipinski definition) is 0. The fraction of sp³-hybridized carbons (Fsp3) is 1.00. The van der Waals surface area contributed by atoms with Crippen LogP contribution in [0, 0.1) is 10.8 Å². The number of hydrogen-bond donors (Lipinski definition) is 0. The molecule has 0 aromatic rings. The zero-order valence-corrected chi connectivity index (χ0v) is 11.5. The molecule has 0 fully saturated rings. The van der Waals surface area contributed by atoms with Gasteiger partial charge in [0.05, 0.1) is 0 Å². The lowest BCUT2D eigenvalue weighted by Crippen LogP contribution is -2.59. The summed E-state index contributed by atoms with van der Waals surface area (Å²) in [6.45, 7) is 10.4. The first-order chi connectivity index (χ1) is 6.87. The highest BCUT2D eigenvalue weighted by atomic mass is 19.3. The average Bonchev–Trinajstić information content (AvgIpc) is 2.14. The summed E-state index contributed by atoms with van der Waals surface area (Å²) in [5.74, 6) is -3.33. The van der Waals surface area contributed by atoms with Crippen molar-refractivity contribution >= 4 is 0 Å². The summed E-state index contributed by atoms with van der Waals surface area (Å²) < 4.78 is 43.2. The SMILES string of the molecule is CCC(C)(CC)C(F)(F)C(C)(F)C(C)(C)C. The molecule has 0 saturated carbocycles. The fourth-order valence-electron chi connectivity index (χ4n) is 1.73. The van der Waals surface area contributed by atoms with E-state index >= 15 is 0 Å². The van der Waals surface area contributed by atoms with Crippen molar-refractivity contribution in [1.82, 2.24) is 0 Å². The third-order valence-electron chi connectivity index (χ3n) is 4.32. The maximum atomic E-state index is 14.5. The lowest BCUT2D eigenvalue weighted by Gasteiger charge is -2.48. The second-order valence-corrected chi connectivity index (χ2v) is 6.10. The van der Waals surface area contributed by atoms with Crippen LogP contribution >= 0.6 is 0 Å². The summed E-state index contributed by atoms with van der Waals surface area (Å²) in [7, 11) is 0. The van der Waals surface area contributed by atoms with Gasteiger partial charge in [-0.1, -0.05) is 41.5 Å². The van der Waals surface area contributed by atoms with Gasteiger partial charge in [-0.15, -0.1) is 0 Å². The summed E-state index contributed by atoms with van der Waals surface area (Å²) in [6.07, 6.45) is 0.540. The lowest BCUT2D eigenvalue weighted by molar-refractivity contribution is -0.240. The molecule has 1 unspecified atom stereocenters. The van der Waals surface area contributed by atoms with E-state index in [2.05, 4.69) is 0 Å². The predicted molar refractivity (Wildman–Crippen MR) is 62.6 cm³/mol. The number of rotatable bonds is 4. The fourth-order valence-corrected chi connectivity index (χ4v) is 1.73. The Balaban J connectivity index is 5.51. The van der Waals surface area contributed by atoms with Crippen LogP contribution in [0.25, 0.3) is 0 Å². The molecule has 0 spiro atoms. The molecule has 1 atom stereocenters. The van der Waals surface area contributed by atoms with Crippen LogP contribution in [0.4, 0.5) is 13.2 Å². The van der Waals surface area contributed by atoms with Gasteiger partial charge < -0.3 is 0 Å². The molecule has 0 saturated heterocycles. The summed E-state index contributed by atoms with van der Waals surface area (Å²) >= 11 is 0. The lowest BCUT2D eigenvalue weighted by atomic mass is 9.64. The van der Waals surface area contributed by atoms with Crippen LogP contribution < -0.4 is 0 Å². The highest BCUT2D eigenvalue weighted by Gasteiger charge is 2.65. The van der Waals surface area contributed by atoms with Gasteiger partial charge in [0.15, 0.2) is 5.67 Å². The second-order valence-electron chi connectivity index (χ2n) is 6.10. The van der Waals surface area contributed by atoms with Crippen molar-refractivity contribution in [2.45, 2.75) is 72.9 Å². The topological polar surface area (TPSA) is 0 Å². The van der Waals surface area contributed by atoms with E-state index < -0.39 is 22.4 Å². The summed E-state index contributed by atoms with van der Waals surface area (Å²) in [5.41, 5.74) is -4.88. The molecule has 3 heteroatoms. The van der Waals surface area contributed by atoms with Gasteiger partial charge in [-0.2, -0.15) is 0 Å². The third-order valence-corrected chi connectivity index (χ3v) is 4.32. The first-order valence-corrected chi connectivity index (χ1v) is 5.94. The molecular weight excluding hydrogens is 213 g/mol. The molecule has 0 rings (SSSR count). The van der Waals surface area contributed by atoms with Crippen LogP contribution in [0.2, 0.25) is 0 Å². The Hall–Kier alpha value is -0.210. The van der Waals surface area contributed by atoms with Gasteiger partial charge in [0, 0.05) is 10.8 Å². The minimum absolute atomic E-state index is 0.270. The maximum absolute atomic E-state index is 14.5. The molecule has 0 nitrogen and oxygen atoms in total. The zero-order valence-electron chi connectivity index (χ0n) is 11.5. The Labute approximate surface area is 97.6 Å². The normalized spacial score (nSPS) is 18.4. The Morgan fingerprint density at radius 3 is 1.25 bits per heavy atom. The monoisotopic (exact) mass is 238 g/mol. The van der Waals surface area contributed by atoms with E-state index in [-0.39, 0.29) is 12.8 Å². The average molecular weight is 238 g/mol. The minimum Gasteiger partial charge on any atom is -0.237 e. The van der Waals surface area contributed by atoms with Crippen molar-refractivity contribution in [3.8, 4) is 0 Å². The molecule has 16 heavy (non-hydrogen) atoms. The number of alkyl halides is 3. The molecule has 0 amide bonds. The Bertz CT molecular complexity index is 232. The van der Waals surface area contributed by atoms with Crippen molar-refractivity contribution in [2.75, 3.05) is 0 Å². The molecule has 0 N–H and O–H groups in total. The van der Waals surface area contributed by atoms with E-state index in [0.717, 1.165) is 6.92 Å².